The minimum atomic E-state index is -0.0930. The fraction of sp³-hybridized carbons (Fsp3) is 0.128. The molecule has 212 valence electrons. The second-order valence-corrected chi connectivity index (χ2v) is 12.1. The standard InChI is InChI=1S/C39H30N2.2HI/c1-23-11-16-28(33-18-12-24(2)22-41-33)27(20-23)14-13-25-15-17-32-36-34(25)38-30(10-7-19-40-38)31-21-26-8-5-6-9-29(26)37(35(31)36)39(32,3)4;;/h5-22H,1-4H3;2*1H/b14-13+;;. The van der Waals surface area contributed by atoms with Gasteiger partial charge in [0.05, 0.1) is 16.3 Å². The van der Waals surface area contributed by atoms with Crippen LogP contribution < -0.4 is 57.9 Å². The topological polar surface area (TPSA) is 28.3 Å². The Kier molecular flexibility index (Phi) is 7.58. The molecular weight excluding hydrogens is 750 g/mol. The lowest BCUT2D eigenvalue weighted by Crippen LogP contribution is -3.00. The Morgan fingerprint density at radius 1 is 0.628 bits per heavy atom. The van der Waals surface area contributed by atoms with Crippen LogP contribution >= 0.6 is 0 Å². The summed E-state index contributed by atoms with van der Waals surface area (Å²) in [6, 6.07) is 31.4. The Morgan fingerprint density at radius 2 is 1.40 bits per heavy atom. The summed E-state index contributed by atoms with van der Waals surface area (Å²) in [6.07, 6.45) is 8.72. The third-order valence-electron chi connectivity index (χ3n) is 9.14. The summed E-state index contributed by atoms with van der Waals surface area (Å²) < 4.78 is 0. The van der Waals surface area contributed by atoms with E-state index >= 15 is 0 Å². The van der Waals surface area contributed by atoms with Crippen LogP contribution in [0.2, 0.25) is 0 Å². The van der Waals surface area contributed by atoms with Crippen LogP contribution in [0.4, 0.5) is 0 Å². The molecule has 0 unspecified atom stereocenters. The smallest absolute Gasteiger partial charge is 0.219 e. The van der Waals surface area contributed by atoms with Crippen molar-refractivity contribution in [3.05, 3.63) is 131 Å². The van der Waals surface area contributed by atoms with Crippen LogP contribution in [-0.4, -0.2) is 0 Å². The molecule has 2 heterocycles. The summed E-state index contributed by atoms with van der Waals surface area (Å²) in [5, 5.41) is 9.38. The molecule has 4 heteroatoms. The first-order valence-corrected chi connectivity index (χ1v) is 14.4. The Balaban J connectivity index is 0.00000165. The number of benzene rings is 5. The van der Waals surface area contributed by atoms with Crippen molar-refractivity contribution in [3.63, 3.8) is 0 Å². The van der Waals surface area contributed by atoms with Crippen LogP contribution in [0.3, 0.4) is 0 Å². The van der Waals surface area contributed by atoms with Crippen molar-refractivity contribution in [2.45, 2.75) is 33.1 Å². The number of rotatable bonds is 3. The van der Waals surface area contributed by atoms with Crippen LogP contribution in [0.1, 0.15) is 47.2 Å². The average Bonchev–Trinajstić information content (AvgIpc) is 3.23. The van der Waals surface area contributed by atoms with Gasteiger partial charge in [0.25, 0.3) is 0 Å². The molecule has 8 rings (SSSR count). The highest BCUT2D eigenvalue weighted by Gasteiger charge is 2.37. The first-order valence-electron chi connectivity index (χ1n) is 14.4. The largest absolute Gasteiger partial charge is 1.00 e. The molecule has 0 atom stereocenters. The van der Waals surface area contributed by atoms with Gasteiger partial charge in [-0.2, -0.15) is 0 Å². The van der Waals surface area contributed by atoms with E-state index < -0.39 is 0 Å². The van der Waals surface area contributed by atoms with Gasteiger partial charge in [0.1, 0.15) is 0 Å². The van der Waals surface area contributed by atoms with Gasteiger partial charge in [-0.25, -0.2) is 9.97 Å². The predicted octanol–water partition coefficient (Wildman–Crippen LogP) is 3.03. The molecule has 2 nitrogen and oxygen atoms in total. The van der Waals surface area contributed by atoms with E-state index in [1.54, 1.807) is 0 Å². The molecule has 0 bridgehead atoms. The van der Waals surface area contributed by atoms with Crippen molar-refractivity contribution in [1.82, 2.24) is 0 Å². The molecule has 0 saturated carbocycles. The fourth-order valence-corrected chi connectivity index (χ4v) is 7.19. The molecular formula is C39H32I2N2. The van der Waals surface area contributed by atoms with E-state index in [2.05, 4.69) is 147 Å². The number of hydrogen-bond acceptors (Lipinski definition) is 0. The highest BCUT2D eigenvalue weighted by atomic mass is 127. The minimum absolute atomic E-state index is 0. The number of aromatic amines is 2. The number of halogens is 2. The van der Waals surface area contributed by atoms with Crippen molar-refractivity contribution in [1.29, 1.82) is 0 Å². The van der Waals surface area contributed by atoms with E-state index in [1.807, 2.05) is 0 Å². The van der Waals surface area contributed by atoms with E-state index in [4.69, 9.17) is 0 Å². The molecule has 2 N–H and O–H groups in total. The normalized spacial score (nSPS) is 13.3. The van der Waals surface area contributed by atoms with Gasteiger partial charge in [0.2, 0.25) is 11.2 Å². The zero-order valence-electron chi connectivity index (χ0n) is 24.6. The molecule has 2 aromatic heterocycles. The van der Waals surface area contributed by atoms with Crippen LogP contribution in [0.5, 0.6) is 0 Å². The number of pyridine rings is 2. The fourth-order valence-electron chi connectivity index (χ4n) is 7.19. The van der Waals surface area contributed by atoms with Crippen LogP contribution in [0, 0.1) is 13.8 Å². The first-order chi connectivity index (χ1) is 19.9. The summed E-state index contributed by atoms with van der Waals surface area (Å²) in [5.41, 5.74) is 11.2. The van der Waals surface area contributed by atoms with Crippen molar-refractivity contribution < 1.29 is 57.9 Å². The van der Waals surface area contributed by atoms with Crippen LogP contribution in [-0.2, 0) is 5.41 Å². The van der Waals surface area contributed by atoms with Gasteiger partial charge in [0, 0.05) is 28.5 Å². The first kappa shape index (κ1) is 29.7. The number of fused-ring (bicyclic) bond motifs is 5. The van der Waals surface area contributed by atoms with Crippen molar-refractivity contribution >= 4 is 55.4 Å². The number of nitrogens with one attached hydrogen (secondary N) is 2. The third-order valence-corrected chi connectivity index (χ3v) is 9.14. The highest BCUT2D eigenvalue weighted by molar-refractivity contribution is 6.31. The van der Waals surface area contributed by atoms with Crippen molar-refractivity contribution in [2.24, 2.45) is 0 Å². The summed E-state index contributed by atoms with van der Waals surface area (Å²) in [4.78, 5) is 7.15. The van der Waals surface area contributed by atoms with Crippen molar-refractivity contribution in [3.8, 4) is 11.3 Å². The predicted molar refractivity (Wildman–Crippen MR) is 172 cm³/mol. The van der Waals surface area contributed by atoms with E-state index in [1.165, 1.54) is 82.2 Å². The van der Waals surface area contributed by atoms with Crippen molar-refractivity contribution in [2.75, 3.05) is 0 Å². The molecule has 7 aromatic rings. The van der Waals surface area contributed by atoms with Gasteiger partial charge >= 0.3 is 0 Å². The lowest BCUT2D eigenvalue weighted by molar-refractivity contribution is -0.365. The van der Waals surface area contributed by atoms with E-state index in [0.29, 0.717) is 0 Å². The third kappa shape index (κ3) is 4.48. The maximum Gasteiger partial charge on any atom is 0.219 e. The lowest BCUT2D eigenvalue weighted by atomic mass is 9.79. The second kappa shape index (κ2) is 11.0. The number of aromatic nitrogens is 2. The number of aryl methyl sites for hydroxylation is 2. The SMILES string of the molecule is Cc1ccc(-c2ccc(C)cc2/C=C/c2ccc3c4c5c(c6ccccc6cc5c5ccc[nH+]c5c24)C3(C)C)[nH+]c1.[I-].[I-]. The van der Waals surface area contributed by atoms with Gasteiger partial charge in [-0.3, -0.25) is 0 Å². The quantitative estimate of drug-likeness (QED) is 0.114. The maximum atomic E-state index is 3.66. The summed E-state index contributed by atoms with van der Waals surface area (Å²) in [7, 11) is 0. The summed E-state index contributed by atoms with van der Waals surface area (Å²) >= 11 is 0. The maximum absolute atomic E-state index is 3.66. The molecule has 0 amide bonds. The Hall–Kier alpha value is -3.36. The van der Waals surface area contributed by atoms with Gasteiger partial charge < -0.3 is 48.0 Å². The molecule has 0 radical (unpaired) electrons. The molecule has 0 fully saturated rings. The monoisotopic (exact) mass is 782 g/mol. The van der Waals surface area contributed by atoms with Gasteiger partial charge in [-0.1, -0.05) is 80.1 Å². The second-order valence-electron chi connectivity index (χ2n) is 12.1. The Bertz CT molecular complexity index is 2250. The summed E-state index contributed by atoms with van der Waals surface area (Å²) in [5.74, 6) is 0. The Labute approximate surface area is 286 Å². The Morgan fingerprint density at radius 3 is 2.21 bits per heavy atom. The average molecular weight is 783 g/mol. The zero-order valence-corrected chi connectivity index (χ0v) is 29.0. The lowest BCUT2D eigenvalue weighted by Gasteiger charge is -2.23. The van der Waals surface area contributed by atoms with Gasteiger partial charge in [-0.15, -0.1) is 0 Å². The molecule has 1 aliphatic rings. The van der Waals surface area contributed by atoms with Crippen LogP contribution in [0.15, 0.2) is 97.3 Å². The molecule has 5 aromatic carbocycles. The summed E-state index contributed by atoms with van der Waals surface area (Å²) in [6.45, 7) is 9.06. The molecule has 0 spiro atoms. The molecule has 43 heavy (non-hydrogen) atoms. The number of hydrogen-bond donors (Lipinski definition) is 0. The highest BCUT2D eigenvalue weighted by Crippen LogP contribution is 2.53. The molecule has 1 aliphatic carbocycles. The molecule has 0 saturated heterocycles. The van der Waals surface area contributed by atoms with Gasteiger partial charge in [-0.05, 0) is 81.9 Å². The van der Waals surface area contributed by atoms with Gasteiger partial charge in [0.15, 0.2) is 12.4 Å². The minimum Gasteiger partial charge on any atom is -1.00 e. The van der Waals surface area contributed by atoms with E-state index in [-0.39, 0.29) is 53.4 Å². The van der Waals surface area contributed by atoms with E-state index in [9.17, 15) is 0 Å². The van der Waals surface area contributed by atoms with E-state index in [0.717, 1.165) is 5.69 Å². The zero-order chi connectivity index (χ0) is 27.9. The van der Waals surface area contributed by atoms with Crippen LogP contribution in [0.25, 0.3) is 66.6 Å². The molecule has 0 aliphatic heterocycles. The number of H-pyrrole nitrogens is 2.